The molecule has 2 N–H and O–H groups in total. The van der Waals surface area contributed by atoms with Gasteiger partial charge in [0.15, 0.2) is 0 Å². The number of aliphatic hydroxyl groups excluding tert-OH is 1. The molecule has 2 aromatic rings. The molecule has 1 amide bonds. The van der Waals surface area contributed by atoms with Crippen LogP contribution in [0.25, 0.3) is 0 Å². The first-order valence-electron chi connectivity index (χ1n) is 10.8. The fourth-order valence-corrected chi connectivity index (χ4v) is 4.87. The van der Waals surface area contributed by atoms with Crippen molar-refractivity contribution in [3.63, 3.8) is 0 Å². The molecule has 6 heteroatoms. The lowest BCUT2D eigenvalue weighted by Crippen LogP contribution is -2.59. The first-order valence-corrected chi connectivity index (χ1v) is 10.8. The van der Waals surface area contributed by atoms with Gasteiger partial charge in [-0.2, -0.15) is 0 Å². The standard InChI is InChI=1S/C24H30N2O4/c27-14-5-15-30-21-9-4-8-20(16-21)23(19-6-2-1-3-7-19)26(24(28)29)22-17-25-12-10-18(22)11-13-25/h1-4,6-9,16,18,22-23,27H,5,10-15,17H2,(H,28,29)/t22-,23?/m0/s1. The van der Waals surface area contributed by atoms with Gasteiger partial charge in [0.2, 0.25) is 0 Å². The van der Waals surface area contributed by atoms with Gasteiger partial charge in [-0.3, -0.25) is 4.90 Å². The Morgan fingerprint density at radius 1 is 1.10 bits per heavy atom. The molecule has 3 saturated heterocycles. The molecule has 3 heterocycles. The van der Waals surface area contributed by atoms with Crippen molar-refractivity contribution in [3.8, 4) is 5.75 Å². The second-order valence-corrected chi connectivity index (χ2v) is 8.21. The fourth-order valence-electron chi connectivity index (χ4n) is 4.87. The highest BCUT2D eigenvalue weighted by atomic mass is 16.5. The van der Waals surface area contributed by atoms with Gasteiger partial charge in [-0.1, -0.05) is 42.5 Å². The second kappa shape index (κ2) is 9.49. The molecule has 0 aliphatic carbocycles. The van der Waals surface area contributed by atoms with E-state index in [0.717, 1.165) is 43.6 Å². The van der Waals surface area contributed by atoms with Gasteiger partial charge in [0.05, 0.1) is 18.7 Å². The molecule has 6 nitrogen and oxygen atoms in total. The van der Waals surface area contributed by atoms with Crippen LogP contribution in [0.5, 0.6) is 5.75 Å². The van der Waals surface area contributed by atoms with Crippen molar-refractivity contribution < 1.29 is 19.7 Å². The van der Waals surface area contributed by atoms with E-state index in [1.54, 1.807) is 4.90 Å². The largest absolute Gasteiger partial charge is 0.493 e. The Kier molecular flexibility index (Phi) is 6.55. The van der Waals surface area contributed by atoms with Crippen molar-refractivity contribution >= 4 is 6.09 Å². The van der Waals surface area contributed by atoms with Crippen molar-refractivity contribution in [1.82, 2.24) is 9.80 Å². The van der Waals surface area contributed by atoms with E-state index in [9.17, 15) is 9.90 Å². The number of carbonyl (C=O) groups is 1. The number of benzene rings is 2. The van der Waals surface area contributed by atoms with Gasteiger partial charge in [0.1, 0.15) is 5.75 Å². The van der Waals surface area contributed by atoms with E-state index in [4.69, 9.17) is 9.84 Å². The van der Waals surface area contributed by atoms with Crippen LogP contribution in [-0.4, -0.2) is 65.0 Å². The molecule has 1 unspecified atom stereocenters. The average molecular weight is 411 g/mol. The average Bonchev–Trinajstić information content (AvgIpc) is 2.79. The van der Waals surface area contributed by atoms with Crippen LogP contribution in [0.3, 0.4) is 0 Å². The van der Waals surface area contributed by atoms with Gasteiger partial charge in [-0.15, -0.1) is 0 Å². The zero-order valence-electron chi connectivity index (χ0n) is 17.2. The maximum Gasteiger partial charge on any atom is 0.408 e. The number of ether oxygens (including phenoxy) is 1. The summed E-state index contributed by atoms with van der Waals surface area (Å²) >= 11 is 0. The Hall–Kier alpha value is -2.57. The Labute approximate surface area is 177 Å². The lowest BCUT2D eigenvalue weighted by molar-refractivity contribution is -0.000812. The molecule has 0 aromatic heterocycles. The Bertz CT molecular complexity index is 836. The highest BCUT2D eigenvalue weighted by molar-refractivity contribution is 5.67. The van der Waals surface area contributed by atoms with Crippen molar-refractivity contribution in [2.75, 3.05) is 32.8 Å². The first-order chi connectivity index (χ1) is 14.7. The lowest BCUT2D eigenvalue weighted by atomic mass is 9.81. The molecule has 160 valence electrons. The van der Waals surface area contributed by atoms with Crippen LogP contribution in [0.15, 0.2) is 54.6 Å². The van der Waals surface area contributed by atoms with E-state index in [0.29, 0.717) is 24.7 Å². The SMILES string of the molecule is O=C(O)N(C(c1ccccc1)c1cccc(OCCCO)c1)[C@H]1CN2CCC1CC2. The first kappa shape index (κ1) is 20.7. The van der Waals surface area contributed by atoms with Gasteiger partial charge >= 0.3 is 6.09 Å². The van der Waals surface area contributed by atoms with E-state index >= 15 is 0 Å². The van der Waals surface area contributed by atoms with Crippen LogP contribution >= 0.6 is 0 Å². The number of hydrogen-bond donors (Lipinski definition) is 2. The summed E-state index contributed by atoms with van der Waals surface area (Å²) in [5, 5.41) is 19.3. The smallest absolute Gasteiger partial charge is 0.408 e. The van der Waals surface area contributed by atoms with Gasteiger partial charge in [-0.05, 0) is 55.1 Å². The molecule has 3 aliphatic heterocycles. The zero-order valence-corrected chi connectivity index (χ0v) is 17.2. The summed E-state index contributed by atoms with van der Waals surface area (Å²) in [6, 6.07) is 17.2. The molecule has 30 heavy (non-hydrogen) atoms. The van der Waals surface area contributed by atoms with Crippen LogP contribution in [0, 0.1) is 5.92 Å². The number of carboxylic acid groups (broad SMARTS) is 1. The number of fused-ring (bicyclic) bond motifs is 3. The summed E-state index contributed by atoms with van der Waals surface area (Å²) in [7, 11) is 0. The molecular formula is C24H30N2O4. The third kappa shape index (κ3) is 4.45. The number of rotatable bonds is 8. The molecular weight excluding hydrogens is 380 g/mol. The summed E-state index contributed by atoms with van der Waals surface area (Å²) in [6.45, 7) is 3.45. The Balaban J connectivity index is 1.71. The Morgan fingerprint density at radius 2 is 1.83 bits per heavy atom. The topological polar surface area (TPSA) is 73.2 Å². The monoisotopic (exact) mass is 410 g/mol. The molecule has 0 spiro atoms. The predicted molar refractivity (Wildman–Crippen MR) is 115 cm³/mol. The van der Waals surface area contributed by atoms with Crippen LogP contribution in [0.1, 0.15) is 36.4 Å². The van der Waals surface area contributed by atoms with E-state index in [1.165, 1.54) is 0 Å². The van der Waals surface area contributed by atoms with Gasteiger partial charge < -0.3 is 19.8 Å². The molecule has 3 aliphatic rings. The minimum Gasteiger partial charge on any atom is -0.493 e. The summed E-state index contributed by atoms with van der Waals surface area (Å²) < 4.78 is 5.77. The fraction of sp³-hybridized carbons (Fsp3) is 0.458. The van der Waals surface area contributed by atoms with Crippen LogP contribution < -0.4 is 4.74 Å². The quantitative estimate of drug-likeness (QED) is 0.651. The van der Waals surface area contributed by atoms with Crippen molar-refractivity contribution in [1.29, 1.82) is 0 Å². The molecule has 5 rings (SSSR count). The number of piperidine rings is 3. The maximum absolute atomic E-state index is 12.6. The molecule has 2 aromatic carbocycles. The minimum absolute atomic E-state index is 0.0193. The van der Waals surface area contributed by atoms with Crippen molar-refractivity contribution in [2.24, 2.45) is 5.92 Å². The normalized spacial score (nSPS) is 23.7. The summed E-state index contributed by atoms with van der Waals surface area (Å²) in [5.74, 6) is 1.10. The van der Waals surface area contributed by atoms with E-state index in [1.807, 2.05) is 54.6 Å². The highest BCUT2D eigenvalue weighted by Gasteiger charge is 2.43. The third-order valence-corrected chi connectivity index (χ3v) is 6.34. The number of hydrogen-bond acceptors (Lipinski definition) is 4. The molecule has 2 bridgehead atoms. The molecule has 0 radical (unpaired) electrons. The number of aliphatic hydroxyl groups is 1. The number of nitrogens with zero attached hydrogens (tertiary/aromatic N) is 2. The van der Waals surface area contributed by atoms with Gasteiger partial charge in [-0.25, -0.2) is 4.79 Å². The van der Waals surface area contributed by atoms with Crippen LogP contribution in [0.4, 0.5) is 4.79 Å². The zero-order chi connectivity index (χ0) is 20.9. The van der Waals surface area contributed by atoms with Crippen LogP contribution in [0.2, 0.25) is 0 Å². The number of amides is 1. The van der Waals surface area contributed by atoms with Crippen LogP contribution in [-0.2, 0) is 0 Å². The summed E-state index contributed by atoms with van der Waals surface area (Å²) in [4.78, 5) is 16.7. The van der Waals surface area contributed by atoms with E-state index < -0.39 is 12.1 Å². The van der Waals surface area contributed by atoms with Crippen molar-refractivity contribution in [3.05, 3.63) is 65.7 Å². The molecule has 0 saturated carbocycles. The third-order valence-electron chi connectivity index (χ3n) is 6.34. The molecule has 3 fully saturated rings. The van der Waals surface area contributed by atoms with Gasteiger partial charge in [0.25, 0.3) is 0 Å². The van der Waals surface area contributed by atoms with E-state index in [2.05, 4.69) is 4.90 Å². The molecule has 2 atom stereocenters. The van der Waals surface area contributed by atoms with E-state index in [-0.39, 0.29) is 12.6 Å². The summed E-state index contributed by atoms with van der Waals surface area (Å²) in [5.41, 5.74) is 1.87. The lowest BCUT2D eigenvalue weighted by Gasteiger charge is -2.50. The minimum atomic E-state index is -0.880. The Morgan fingerprint density at radius 3 is 2.47 bits per heavy atom. The van der Waals surface area contributed by atoms with Crippen molar-refractivity contribution in [2.45, 2.75) is 31.3 Å². The predicted octanol–water partition coefficient (Wildman–Crippen LogP) is 3.61. The second-order valence-electron chi connectivity index (χ2n) is 8.21. The maximum atomic E-state index is 12.6. The summed E-state index contributed by atoms with van der Waals surface area (Å²) in [6.07, 6.45) is 1.79. The van der Waals surface area contributed by atoms with Gasteiger partial charge in [0, 0.05) is 19.6 Å². The highest BCUT2D eigenvalue weighted by Crippen LogP contribution is 2.38.